The summed E-state index contributed by atoms with van der Waals surface area (Å²) >= 11 is 0. The van der Waals surface area contributed by atoms with Gasteiger partial charge in [0.15, 0.2) is 5.82 Å². The zero-order valence-electron chi connectivity index (χ0n) is 17.9. The molecule has 4 heterocycles. The summed E-state index contributed by atoms with van der Waals surface area (Å²) in [5, 5.41) is 0.590. The molecular weight excluding hydrogens is 391 g/mol. The van der Waals surface area contributed by atoms with Gasteiger partial charge in [-0.05, 0) is 62.6 Å². The lowest BCUT2D eigenvalue weighted by molar-refractivity contribution is 0.107. The van der Waals surface area contributed by atoms with Crippen molar-refractivity contribution in [3.05, 3.63) is 48.0 Å². The van der Waals surface area contributed by atoms with Crippen LogP contribution in [0.5, 0.6) is 6.01 Å². The van der Waals surface area contributed by atoms with E-state index in [0.29, 0.717) is 29.5 Å². The zero-order chi connectivity index (χ0) is 21.0. The molecule has 0 radical (unpaired) electrons. The van der Waals surface area contributed by atoms with Crippen LogP contribution in [0.4, 0.5) is 4.39 Å². The Morgan fingerprint density at radius 1 is 1.13 bits per heavy atom. The van der Waals surface area contributed by atoms with Crippen molar-refractivity contribution in [3.63, 3.8) is 0 Å². The van der Waals surface area contributed by atoms with Crippen LogP contribution in [0.1, 0.15) is 50.5 Å². The first-order valence-corrected chi connectivity index (χ1v) is 11.4. The molecule has 0 bridgehead atoms. The van der Waals surface area contributed by atoms with Crippen LogP contribution in [0, 0.1) is 11.7 Å². The van der Waals surface area contributed by atoms with Gasteiger partial charge in [-0.3, -0.25) is 9.88 Å². The predicted molar refractivity (Wildman–Crippen MR) is 118 cm³/mol. The van der Waals surface area contributed by atoms with Gasteiger partial charge < -0.3 is 4.74 Å². The molecule has 1 aliphatic carbocycles. The summed E-state index contributed by atoms with van der Waals surface area (Å²) in [6.07, 6.45) is 9.16. The molecule has 2 aliphatic heterocycles. The van der Waals surface area contributed by atoms with E-state index in [1.165, 1.54) is 18.4 Å². The fourth-order valence-electron chi connectivity index (χ4n) is 5.66. The third kappa shape index (κ3) is 3.19. The summed E-state index contributed by atoms with van der Waals surface area (Å²) in [7, 11) is 0. The highest BCUT2D eigenvalue weighted by Gasteiger charge is 2.45. The second kappa shape index (κ2) is 7.23. The van der Waals surface area contributed by atoms with Gasteiger partial charge in [-0.25, -0.2) is 9.37 Å². The van der Waals surface area contributed by atoms with Gasteiger partial charge in [0.05, 0.1) is 5.54 Å². The summed E-state index contributed by atoms with van der Waals surface area (Å²) in [5.41, 5.74) is 2.79. The molecule has 1 saturated carbocycles. The number of aromatic nitrogens is 3. The van der Waals surface area contributed by atoms with Gasteiger partial charge in [0, 0.05) is 23.3 Å². The van der Waals surface area contributed by atoms with Crippen molar-refractivity contribution < 1.29 is 9.13 Å². The summed E-state index contributed by atoms with van der Waals surface area (Å²) in [6.45, 7) is 5.09. The molecule has 0 unspecified atom stereocenters. The number of ether oxygens (including phenoxy) is 1. The minimum absolute atomic E-state index is 0.111. The molecule has 31 heavy (non-hydrogen) atoms. The normalized spacial score (nSPS) is 24.5. The quantitative estimate of drug-likeness (QED) is 0.586. The Morgan fingerprint density at radius 2 is 1.87 bits per heavy atom. The van der Waals surface area contributed by atoms with Crippen LogP contribution >= 0.6 is 0 Å². The Morgan fingerprint density at radius 3 is 2.65 bits per heavy atom. The zero-order valence-corrected chi connectivity index (χ0v) is 17.9. The number of rotatable bonds is 5. The minimum atomic E-state index is -0.396. The molecule has 6 rings (SSSR count). The molecule has 6 heteroatoms. The number of hydrogen-bond donors (Lipinski definition) is 0. The topological polar surface area (TPSA) is 51.1 Å². The number of pyridine rings is 1. The van der Waals surface area contributed by atoms with Gasteiger partial charge in [-0.15, -0.1) is 0 Å². The van der Waals surface area contributed by atoms with E-state index < -0.39 is 5.82 Å². The van der Waals surface area contributed by atoms with Crippen LogP contribution < -0.4 is 4.74 Å². The Bertz CT molecular complexity index is 1140. The molecule has 3 aromatic rings. The fraction of sp³-hybridized carbons (Fsp3) is 0.480. The SMILES string of the molecule is C[C@@H]1C[C@@H]1c1ccccc1-c1ncc2cnc(OCC34CCCN3CCC4)nc2c1F. The molecule has 1 aromatic carbocycles. The van der Waals surface area contributed by atoms with E-state index in [0.717, 1.165) is 37.9 Å². The molecule has 3 aliphatic rings. The largest absolute Gasteiger partial charge is 0.461 e. The lowest BCUT2D eigenvalue weighted by Gasteiger charge is -2.31. The lowest BCUT2D eigenvalue weighted by atomic mass is 9.95. The maximum absolute atomic E-state index is 15.6. The number of hydrogen-bond acceptors (Lipinski definition) is 5. The van der Waals surface area contributed by atoms with Gasteiger partial charge in [0.1, 0.15) is 17.8 Å². The number of fused-ring (bicyclic) bond motifs is 2. The van der Waals surface area contributed by atoms with Crippen molar-refractivity contribution in [2.75, 3.05) is 19.7 Å². The Kier molecular flexibility index (Phi) is 4.46. The van der Waals surface area contributed by atoms with Crippen LogP contribution in [0.15, 0.2) is 36.7 Å². The summed E-state index contributed by atoms with van der Waals surface area (Å²) in [5.74, 6) is 0.724. The first-order valence-electron chi connectivity index (χ1n) is 11.4. The van der Waals surface area contributed by atoms with E-state index in [9.17, 15) is 0 Å². The van der Waals surface area contributed by atoms with Crippen molar-refractivity contribution in [1.82, 2.24) is 19.9 Å². The van der Waals surface area contributed by atoms with Gasteiger partial charge in [-0.2, -0.15) is 4.98 Å². The minimum Gasteiger partial charge on any atom is -0.461 e. The molecule has 3 fully saturated rings. The van der Waals surface area contributed by atoms with Crippen LogP contribution in [-0.2, 0) is 0 Å². The van der Waals surface area contributed by atoms with E-state index in [2.05, 4.69) is 32.8 Å². The molecule has 0 N–H and O–H groups in total. The third-order valence-electron chi connectivity index (χ3n) is 7.55. The average molecular weight is 419 g/mol. The molecular formula is C25H27FN4O. The molecule has 2 aromatic heterocycles. The second-order valence-corrected chi connectivity index (χ2v) is 9.49. The maximum Gasteiger partial charge on any atom is 0.317 e. The lowest BCUT2D eigenvalue weighted by Crippen LogP contribution is -2.43. The van der Waals surface area contributed by atoms with Crippen LogP contribution in [0.3, 0.4) is 0 Å². The van der Waals surface area contributed by atoms with Crippen LogP contribution in [0.25, 0.3) is 22.2 Å². The molecule has 5 nitrogen and oxygen atoms in total. The Balaban J connectivity index is 1.33. The van der Waals surface area contributed by atoms with Gasteiger partial charge >= 0.3 is 6.01 Å². The van der Waals surface area contributed by atoms with Crippen molar-refractivity contribution in [2.24, 2.45) is 5.92 Å². The van der Waals surface area contributed by atoms with E-state index in [-0.39, 0.29) is 17.1 Å². The summed E-state index contributed by atoms with van der Waals surface area (Å²) in [4.78, 5) is 15.8. The predicted octanol–water partition coefficient (Wildman–Crippen LogP) is 4.96. The number of halogens is 1. The molecule has 0 amide bonds. The molecule has 0 spiro atoms. The van der Waals surface area contributed by atoms with Crippen molar-refractivity contribution in [2.45, 2.75) is 50.5 Å². The maximum atomic E-state index is 15.6. The van der Waals surface area contributed by atoms with Crippen LogP contribution in [0.2, 0.25) is 0 Å². The average Bonchev–Trinajstić information content (AvgIpc) is 3.18. The summed E-state index contributed by atoms with van der Waals surface area (Å²) in [6, 6.07) is 8.27. The van der Waals surface area contributed by atoms with Gasteiger partial charge in [0.25, 0.3) is 0 Å². The van der Waals surface area contributed by atoms with Crippen molar-refractivity contribution in [3.8, 4) is 17.3 Å². The molecule has 2 atom stereocenters. The fourth-order valence-corrected chi connectivity index (χ4v) is 5.66. The highest BCUT2D eigenvalue weighted by atomic mass is 19.1. The number of nitrogens with zero attached hydrogens (tertiary/aromatic N) is 4. The van der Waals surface area contributed by atoms with Crippen molar-refractivity contribution in [1.29, 1.82) is 0 Å². The summed E-state index contributed by atoms with van der Waals surface area (Å²) < 4.78 is 21.7. The smallest absolute Gasteiger partial charge is 0.317 e. The van der Waals surface area contributed by atoms with E-state index in [1.54, 1.807) is 12.4 Å². The third-order valence-corrected chi connectivity index (χ3v) is 7.55. The Labute approximate surface area is 181 Å². The highest BCUT2D eigenvalue weighted by Crippen LogP contribution is 2.50. The van der Waals surface area contributed by atoms with Gasteiger partial charge in [0.2, 0.25) is 0 Å². The Hall–Kier alpha value is -2.60. The number of benzene rings is 1. The van der Waals surface area contributed by atoms with Gasteiger partial charge in [-0.1, -0.05) is 31.2 Å². The van der Waals surface area contributed by atoms with Crippen LogP contribution in [-0.4, -0.2) is 45.1 Å². The molecule has 2 saturated heterocycles. The van der Waals surface area contributed by atoms with Crippen molar-refractivity contribution >= 4 is 10.9 Å². The highest BCUT2D eigenvalue weighted by molar-refractivity contribution is 5.83. The first kappa shape index (κ1) is 19.1. The van der Waals surface area contributed by atoms with E-state index >= 15 is 4.39 Å². The van der Waals surface area contributed by atoms with E-state index in [1.807, 2.05) is 18.2 Å². The standard InChI is InChI=1S/C25H27FN4O/c1-16-12-20(16)18-6-2-3-7-19(18)23-21(26)22-17(13-27-23)14-28-24(29-22)31-15-25-8-4-10-30(25)11-5-9-25/h2-3,6-7,13-14,16,20H,4-5,8-12,15H2,1H3/t16-,20+/m1/s1. The first-order chi connectivity index (χ1) is 15.1. The second-order valence-electron chi connectivity index (χ2n) is 9.49. The van der Waals surface area contributed by atoms with E-state index in [4.69, 9.17) is 4.74 Å². The molecule has 160 valence electrons. The monoisotopic (exact) mass is 418 g/mol.